The lowest BCUT2D eigenvalue weighted by Crippen LogP contribution is -2.17. The molecule has 2 N–H and O–H groups in total. The van der Waals surface area contributed by atoms with E-state index >= 15 is 0 Å². The number of benzene rings is 1. The molecule has 0 bridgehead atoms. The average molecular weight is 233 g/mol. The van der Waals surface area contributed by atoms with Crippen LogP contribution in [0, 0.1) is 5.82 Å². The summed E-state index contributed by atoms with van der Waals surface area (Å²) in [5.41, 5.74) is 4.42. The van der Waals surface area contributed by atoms with E-state index in [1.807, 2.05) is 0 Å². The number of alkyl halides is 3. The van der Waals surface area contributed by atoms with Gasteiger partial charge in [-0.15, -0.1) is 6.58 Å². The second kappa shape index (κ2) is 4.65. The van der Waals surface area contributed by atoms with Gasteiger partial charge in [0.05, 0.1) is 5.56 Å². The summed E-state index contributed by atoms with van der Waals surface area (Å²) in [6.45, 7) is 3.40. The maximum Gasteiger partial charge on any atom is 0.416 e. The molecule has 0 saturated carbocycles. The lowest BCUT2D eigenvalue weighted by Gasteiger charge is -2.17. The Morgan fingerprint density at radius 1 is 1.38 bits per heavy atom. The van der Waals surface area contributed by atoms with Gasteiger partial charge >= 0.3 is 6.18 Å². The molecule has 1 rings (SSSR count). The van der Waals surface area contributed by atoms with Crippen molar-refractivity contribution in [1.82, 2.24) is 0 Å². The van der Waals surface area contributed by atoms with Crippen molar-refractivity contribution < 1.29 is 17.6 Å². The van der Waals surface area contributed by atoms with Gasteiger partial charge in [0.15, 0.2) is 0 Å². The standard InChI is InChI=1S/C11H11F4N/c1-2-3-10(16)8-5-4-7(12)6-9(8)11(13,14)15/h2,4-6,10H,1,3,16H2/t10-/m0/s1. The Bertz CT molecular complexity index is 384. The summed E-state index contributed by atoms with van der Waals surface area (Å²) < 4.78 is 50.5. The van der Waals surface area contributed by atoms with Crippen molar-refractivity contribution in [3.63, 3.8) is 0 Å². The third kappa shape index (κ3) is 2.82. The summed E-state index contributed by atoms with van der Waals surface area (Å²) in [7, 11) is 0. The molecule has 0 amide bonds. The predicted octanol–water partition coefficient (Wildman–Crippen LogP) is 3.42. The fourth-order valence-corrected chi connectivity index (χ4v) is 1.40. The van der Waals surface area contributed by atoms with E-state index in [-0.39, 0.29) is 12.0 Å². The predicted molar refractivity (Wildman–Crippen MR) is 53.1 cm³/mol. The molecule has 0 aliphatic heterocycles. The molecule has 1 aromatic carbocycles. The van der Waals surface area contributed by atoms with Crippen molar-refractivity contribution in [3.8, 4) is 0 Å². The van der Waals surface area contributed by atoms with E-state index in [4.69, 9.17) is 5.73 Å². The summed E-state index contributed by atoms with van der Waals surface area (Å²) in [6, 6.07) is 1.66. The van der Waals surface area contributed by atoms with Crippen molar-refractivity contribution in [1.29, 1.82) is 0 Å². The minimum Gasteiger partial charge on any atom is -0.324 e. The van der Waals surface area contributed by atoms with Crippen LogP contribution < -0.4 is 5.73 Å². The first-order chi connectivity index (χ1) is 7.36. The molecule has 1 aromatic rings. The zero-order chi connectivity index (χ0) is 12.3. The van der Waals surface area contributed by atoms with Gasteiger partial charge in [0.25, 0.3) is 0 Å². The van der Waals surface area contributed by atoms with E-state index in [9.17, 15) is 17.6 Å². The van der Waals surface area contributed by atoms with Crippen LogP contribution in [0.25, 0.3) is 0 Å². The van der Waals surface area contributed by atoms with Crippen molar-refractivity contribution in [2.75, 3.05) is 0 Å². The van der Waals surface area contributed by atoms with Gasteiger partial charge in [0.2, 0.25) is 0 Å². The van der Waals surface area contributed by atoms with E-state index in [1.54, 1.807) is 0 Å². The Balaban J connectivity index is 3.22. The zero-order valence-corrected chi connectivity index (χ0v) is 8.39. The molecule has 88 valence electrons. The second-order valence-corrected chi connectivity index (χ2v) is 3.36. The lowest BCUT2D eigenvalue weighted by atomic mass is 9.98. The number of hydrogen-bond donors (Lipinski definition) is 1. The van der Waals surface area contributed by atoms with Gasteiger partial charge in [0.1, 0.15) is 5.82 Å². The number of nitrogens with two attached hydrogens (primary N) is 1. The fraction of sp³-hybridized carbons (Fsp3) is 0.273. The van der Waals surface area contributed by atoms with Crippen molar-refractivity contribution in [2.45, 2.75) is 18.6 Å². The van der Waals surface area contributed by atoms with Crippen molar-refractivity contribution in [2.24, 2.45) is 5.73 Å². The van der Waals surface area contributed by atoms with Gasteiger partial charge in [-0.2, -0.15) is 13.2 Å². The van der Waals surface area contributed by atoms with Gasteiger partial charge in [-0.1, -0.05) is 12.1 Å². The minimum absolute atomic E-state index is 0.117. The highest BCUT2D eigenvalue weighted by molar-refractivity contribution is 5.33. The van der Waals surface area contributed by atoms with Crippen LogP contribution in [0.3, 0.4) is 0 Å². The van der Waals surface area contributed by atoms with Crippen LogP contribution in [0.4, 0.5) is 17.6 Å². The molecule has 1 atom stereocenters. The summed E-state index contributed by atoms with van der Waals surface area (Å²) in [5.74, 6) is -0.929. The minimum atomic E-state index is -4.60. The molecule has 0 saturated heterocycles. The Kier molecular flexibility index (Phi) is 3.70. The summed E-state index contributed by atoms with van der Waals surface area (Å²) in [4.78, 5) is 0. The maximum absolute atomic E-state index is 12.8. The quantitative estimate of drug-likeness (QED) is 0.628. The first-order valence-corrected chi connectivity index (χ1v) is 4.59. The van der Waals surface area contributed by atoms with E-state index in [2.05, 4.69) is 6.58 Å². The maximum atomic E-state index is 12.8. The van der Waals surface area contributed by atoms with Crippen LogP contribution in [0.5, 0.6) is 0 Å². The lowest BCUT2D eigenvalue weighted by molar-refractivity contribution is -0.138. The Morgan fingerprint density at radius 2 is 2.00 bits per heavy atom. The highest BCUT2D eigenvalue weighted by atomic mass is 19.4. The summed E-state index contributed by atoms with van der Waals surface area (Å²) in [5, 5.41) is 0. The average Bonchev–Trinajstić information content (AvgIpc) is 2.16. The van der Waals surface area contributed by atoms with Crippen LogP contribution in [0.2, 0.25) is 0 Å². The molecule has 0 spiro atoms. The molecular weight excluding hydrogens is 222 g/mol. The van der Waals surface area contributed by atoms with Crippen LogP contribution in [-0.2, 0) is 6.18 Å². The van der Waals surface area contributed by atoms with Crippen LogP contribution in [0.1, 0.15) is 23.6 Å². The Morgan fingerprint density at radius 3 is 2.50 bits per heavy atom. The molecule has 0 aromatic heterocycles. The molecule has 16 heavy (non-hydrogen) atoms. The highest BCUT2D eigenvalue weighted by Gasteiger charge is 2.34. The van der Waals surface area contributed by atoms with Crippen LogP contribution in [0.15, 0.2) is 30.9 Å². The van der Waals surface area contributed by atoms with E-state index < -0.39 is 23.6 Å². The molecular formula is C11H11F4N. The number of halogens is 4. The number of rotatable bonds is 3. The zero-order valence-electron chi connectivity index (χ0n) is 8.39. The first kappa shape index (κ1) is 12.7. The molecule has 0 unspecified atom stereocenters. The Labute approximate surface area is 90.6 Å². The van der Waals surface area contributed by atoms with Crippen molar-refractivity contribution in [3.05, 3.63) is 47.8 Å². The molecule has 5 heteroatoms. The molecule has 0 heterocycles. The van der Waals surface area contributed by atoms with Crippen LogP contribution >= 0.6 is 0 Å². The summed E-state index contributed by atoms with van der Waals surface area (Å²) in [6.07, 6.45) is -2.97. The highest BCUT2D eigenvalue weighted by Crippen LogP contribution is 2.35. The largest absolute Gasteiger partial charge is 0.416 e. The van der Waals surface area contributed by atoms with Gasteiger partial charge in [-0.3, -0.25) is 0 Å². The Hall–Kier alpha value is -1.36. The molecule has 0 fully saturated rings. The first-order valence-electron chi connectivity index (χ1n) is 4.59. The second-order valence-electron chi connectivity index (χ2n) is 3.36. The topological polar surface area (TPSA) is 26.0 Å². The third-order valence-corrected chi connectivity index (χ3v) is 2.14. The SMILES string of the molecule is C=CC[C@H](N)c1ccc(F)cc1C(F)(F)F. The number of hydrogen-bond acceptors (Lipinski definition) is 1. The van der Waals surface area contributed by atoms with Gasteiger partial charge < -0.3 is 5.73 Å². The van der Waals surface area contributed by atoms with Gasteiger partial charge in [0, 0.05) is 6.04 Å². The third-order valence-electron chi connectivity index (χ3n) is 2.14. The normalized spacial score (nSPS) is 13.6. The van der Waals surface area contributed by atoms with Crippen LogP contribution in [-0.4, -0.2) is 0 Å². The van der Waals surface area contributed by atoms with Crippen molar-refractivity contribution >= 4 is 0 Å². The molecule has 0 radical (unpaired) electrons. The molecule has 0 aliphatic carbocycles. The molecule has 1 nitrogen and oxygen atoms in total. The smallest absolute Gasteiger partial charge is 0.324 e. The van der Waals surface area contributed by atoms with E-state index in [0.29, 0.717) is 6.07 Å². The van der Waals surface area contributed by atoms with Gasteiger partial charge in [-0.05, 0) is 24.1 Å². The van der Waals surface area contributed by atoms with E-state index in [0.717, 1.165) is 12.1 Å². The van der Waals surface area contributed by atoms with E-state index in [1.165, 1.54) is 6.08 Å². The monoisotopic (exact) mass is 233 g/mol. The summed E-state index contributed by atoms with van der Waals surface area (Å²) >= 11 is 0. The van der Waals surface area contributed by atoms with Gasteiger partial charge in [-0.25, -0.2) is 4.39 Å². The molecule has 0 aliphatic rings. The fourth-order valence-electron chi connectivity index (χ4n) is 1.40.